The molecule has 1 saturated carbocycles. The van der Waals surface area contributed by atoms with Crippen molar-refractivity contribution in [3.8, 4) is 0 Å². The normalized spacial score (nSPS) is 15.4. The van der Waals surface area contributed by atoms with Gasteiger partial charge in [0, 0.05) is 40.5 Å². The van der Waals surface area contributed by atoms with Crippen molar-refractivity contribution in [2.75, 3.05) is 47.1 Å². The number of hydrogen-bond acceptors (Lipinski definition) is 3. The summed E-state index contributed by atoms with van der Waals surface area (Å²) in [5.41, 5.74) is 1.74. The summed E-state index contributed by atoms with van der Waals surface area (Å²) in [4.78, 5) is 4.34. The molecular weight excluding hydrogens is 465 g/mol. The Balaban J connectivity index is 0.00000392. The standard InChI is InChI=1S/C22H37N3O2.HI/c1-23-21(25-19-22(12-8-13-22)14-18-26-2)24-15-6-7-16-27-17-11-20-9-4-3-5-10-20;/h3-5,9-10H,6-8,11-19H2,1-2H3,(H2,23,24,25);1H. The van der Waals surface area contributed by atoms with Crippen molar-refractivity contribution in [3.63, 3.8) is 0 Å². The van der Waals surface area contributed by atoms with Crippen molar-refractivity contribution in [1.82, 2.24) is 10.6 Å². The molecule has 0 bridgehead atoms. The van der Waals surface area contributed by atoms with E-state index in [1.165, 1.54) is 24.8 Å². The van der Waals surface area contributed by atoms with Gasteiger partial charge in [0.25, 0.3) is 0 Å². The van der Waals surface area contributed by atoms with E-state index in [0.717, 1.165) is 64.6 Å². The van der Waals surface area contributed by atoms with Crippen LogP contribution in [0.2, 0.25) is 0 Å². The molecule has 0 saturated heterocycles. The number of ether oxygens (including phenoxy) is 2. The molecule has 28 heavy (non-hydrogen) atoms. The Morgan fingerprint density at radius 3 is 2.50 bits per heavy atom. The van der Waals surface area contributed by atoms with Gasteiger partial charge in [-0.05, 0) is 49.5 Å². The van der Waals surface area contributed by atoms with Gasteiger partial charge in [0.15, 0.2) is 5.96 Å². The Morgan fingerprint density at radius 1 is 1.07 bits per heavy atom. The first-order valence-electron chi connectivity index (χ1n) is 10.3. The van der Waals surface area contributed by atoms with E-state index in [0.29, 0.717) is 5.41 Å². The van der Waals surface area contributed by atoms with Crippen LogP contribution in [0.25, 0.3) is 0 Å². The fourth-order valence-corrected chi connectivity index (χ4v) is 3.48. The second-order valence-corrected chi connectivity index (χ2v) is 7.50. The average molecular weight is 503 g/mol. The summed E-state index contributed by atoms with van der Waals surface area (Å²) in [6, 6.07) is 10.5. The maximum absolute atomic E-state index is 5.74. The molecule has 0 unspecified atom stereocenters. The first kappa shape index (κ1) is 25.2. The van der Waals surface area contributed by atoms with Gasteiger partial charge in [-0.2, -0.15) is 0 Å². The quantitative estimate of drug-likeness (QED) is 0.185. The van der Waals surface area contributed by atoms with Crippen LogP contribution in [0.4, 0.5) is 0 Å². The molecule has 1 fully saturated rings. The van der Waals surface area contributed by atoms with Gasteiger partial charge in [-0.1, -0.05) is 36.8 Å². The molecule has 1 aliphatic rings. The fraction of sp³-hybridized carbons (Fsp3) is 0.682. The number of nitrogens with zero attached hydrogens (tertiary/aromatic N) is 1. The summed E-state index contributed by atoms with van der Waals surface area (Å²) in [7, 11) is 3.62. The molecule has 0 aromatic heterocycles. The summed E-state index contributed by atoms with van der Waals surface area (Å²) >= 11 is 0. The number of nitrogens with one attached hydrogen (secondary N) is 2. The second kappa shape index (κ2) is 15.0. The monoisotopic (exact) mass is 503 g/mol. The molecule has 160 valence electrons. The van der Waals surface area contributed by atoms with E-state index in [2.05, 4.69) is 39.9 Å². The van der Waals surface area contributed by atoms with E-state index < -0.39 is 0 Å². The van der Waals surface area contributed by atoms with Crippen molar-refractivity contribution >= 4 is 29.9 Å². The molecule has 0 amide bonds. The zero-order valence-corrected chi connectivity index (χ0v) is 19.9. The number of hydrogen-bond donors (Lipinski definition) is 2. The smallest absolute Gasteiger partial charge is 0.190 e. The lowest BCUT2D eigenvalue weighted by molar-refractivity contribution is 0.0732. The molecular formula is C22H38IN3O2. The van der Waals surface area contributed by atoms with Crippen LogP contribution in [0.1, 0.15) is 44.1 Å². The second-order valence-electron chi connectivity index (χ2n) is 7.50. The van der Waals surface area contributed by atoms with Crippen LogP contribution < -0.4 is 10.6 Å². The summed E-state index contributed by atoms with van der Waals surface area (Å²) in [6.45, 7) is 4.37. The lowest BCUT2D eigenvalue weighted by Gasteiger charge is -2.42. The van der Waals surface area contributed by atoms with Gasteiger partial charge in [-0.15, -0.1) is 24.0 Å². The predicted molar refractivity (Wildman–Crippen MR) is 128 cm³/mol. The predicted octanol–water partition coefficient (Wildman–Crippen LogP) is 4.02. The average Bonchev–Trinajstić information content (AvgIpc) is 2.68. The lowest BCUT2D eigenvalue weighted by Crippen LogP contribution is -2.47. The third-order valence-corrected chi connectivity index (χ3v) is 5.49. The lowest BCUT2D eigenvalue weighted by atomic mass is 9.67. The van der Waals surface area contributed by atoms with E-state index in [1.807, 2.05) is 13.1 Å². The number of benzene rings is 1. The number of rotatable bonds is 13. The van der Waals surface area contributed by atoms with Gasteiger partial charge in [-0.3, -0.25) is 4.99 Å². The van der Waals surface area contributed by atoms with Gasteiger partial charge >= 0.3 is 0 Å². The van der Waals surface area contributed by atoms with Crippen LogP contribution in [0.15, 0.2) is 35.3 Å². The SMILES string of the molecule is CN=C(NCCCCOCCc1ccccc1)NCC1(CCOC)CCC1.I. The Kier molecular flexibility index (Phi) is 13.5. The van der Waals surface area contributed by atoms with Crippen LogP contribution in [-0.2, 0) is 15.9 Å². The highest BCUT2D eigenvalue weighted by Crippen LogP contribution is 2.43. The Labute approximate surface area is 188 Å². The molecule has 1 aromatic carbocycles. The number of guanidine groups is 1. The van der Waals surface area contributed by atoms with Crippen molar-refractivity contribution in [1.29, 1.82) is 0 Å². The Bertz CT molecular complexity index is 536. The van der Waals surface area contributed by atoms with Crippen molar-refractivity contribution in [3.05, 3.63) is 35.9 Å². The molecule has 0 spiro atoms. The van der Waals surface area contributed by atoms with E-state index in [9.17, 15) is 0 Å². The van der Waals surface area contributed by atoms with Crippen LogP contribution in [0.5, 0.6) is 0 Å². The third kappa shape index (κ3) is 9.56. The summed E-state index contributed by atoms with van der Waals surface area (Å²) in [6.07, 6.45) is 8.19. The zero-order chi connectivity index (χ0) is 19.2. The van der Waals surface area contributed by atoms with Crippen molar-refractivity contribution in [2.45, 2.75) is 44.9 Å². The van der Waals surface area contributed by atoms with E-state index in [4.69, 9.17) is 9.47 Å². The Hall–Kier alpha value is -0.860. The Morgan fingerprint density at radius 2 is 1.86 bits per heavy atom. The van der Waals surface area contributed by atoms with Crippen molar-refractivity contribution in [2.24, 2.45) is 10.4 Å². The molecule has 1 aromatic rings. The number of halogens is 1. The topological polar surface area (TPSA) is 54.9 Å². The molecule has 0 radical (unpaired) electrons. The van der Waals surface area contributed by atoms with Gasteiger partial charge in [0.2, 0.25) is 0 Å². The highest BCUT2D eigenvalue weighted by Gasteiger charge is 2.36. The van der Waals surface area contributed by atoms with Crippen LogP contribution in [-0.4, -0.2) is 53.0 Å². The summed E-state index contributed by atoms with van der Waals surface area (Å²) in [5, 5.41) is 6.92. The van der Waals surface area contributed by atoms with Gasteiger partial charge in [-0.25, -0.2) is 0 Å². The molecule has 5 nitrogen and oxygen atoms in total. The number of unbranched alkanes of at least 4 members (excludes halogenated alkanes) is 1. The minimum Gasteiger partial charge on any atom is -0.385 e. The number of methoxy groups -OCH3 is 1. The number of aliphatic imine (C=N–C) groups is 1. The minimum atomic E-state index is 0. The highest BCUT2D eigenvalue weighted by atomic mass is 127. The van der Waals surface area contributed by atoms with Gasteiger partial charge < -0.3 is 20.1 Å². The minimum absolute atomic E-state index is 0. The van der Waals surface area contributed by atoms with Gasteiger partial charge in [0.05, 0.1) is 6.61 Å². The maximum atomic E-state index is 5.74. The van der Waals surface area contributed by atoms with Crippen LogP contribution >= 0.6 is 24.0 Å². The molecule has 2 N–H and O–H groups in total. The van der Waals surface area contributed by atoms with E-state index in [-0.39, 0.29) is 24.0 Å². The highest BCUT2D eigenvalue weighted by molar-refractivity contribution is 14.0. The summed E-state index contributed by atoms with van der Waals surface area (Å²) in [5.74, 6) is 0.906. The fourth-order valence-electron chi connectivity index (χ4n) is 3.48. The molecule has 0 atom stereocenters. The molecule has 6 heteroatoms. The third-order valence-electron chi connectivity index (χ3n) is 5.49. The molecule has 1 aliphatic carbocycles. The van der Waals surface area contributed by atoms with Crippen LogP contribution in [0, 0.1) is 5.41 Å². The van der Waals surface area contributed by atoms with Gasteiger partial charge in [0.1, 0.15) is 0 Å². The first-order valence-corrected chi connectivity index (χ1v) is 10.3. The zero-order valence-electron chi connectivity index (χ0n) is 17.5. The van der Waals surface area contributed by atoms with E-state index in [1.54, 1.807) is 7.11 Å². The molecule has 2 rings (SSSR count). The van der Waals surface area contributed by atoms with Crippen molar-refractivity contribution < 1.29 is 9.47 Å². The molecule has 0 heterocycles. The summed E-state index contributed by atoms with van der Waals surface area (Å²) < 4.78 is 11.0. The molecule has 0 aliphatic heterocycles. The first-order chi connectivity index (χ1) is 13.3. The van der Waals surface area contributed by atoms with Crippen LogP contribution in [0.3, 0.4) is 0 Å². The maximum Gasteiger partial charge on any atom is 0.190 e. The van der Waals surface area contributed by atoms with E-state index >= 15 is 0 Å². The largest absolute Gasteiger partial charge is 0.385 e.